The van der Waals surface area contributed by atoms with E-state index in [2.05, 4.69) is 48.7 Å². The van der Waals surface area contributed by atoms with Gasteiger partial charge < -0.3 is 14.8 Å². The Kier molecular flexibility index (Phi) is 4.15. The van der Waals surface area contributed by atoms with Gasteiger partial charge in [0.05, 0.1) is 17.5 Å². The van der Waals surface area contributed by atoms with E-state index in [1.807, 2.05) is 5.51 Å². The van der Waals surface area contributed by atoms with Crippen LogP contribution in [0.3, 0.4) is 0 Å². The van der Waals surface area contributed by atoms with Crippen LogP contribution in [0.15, 0.2) is 18.2 Å². The number of nitrogens with one attached hydrogen (secondary N) is 1. The summed E-state index contributed by atoms with van der Waals surface area (Å²) >= 11 is 1.74. The van der Waals surface area contributed by atoms with Gasteiger partial charge in [0.25, 0.3) is 0 Å². The van der Waals surface area contributed by atoms with Gasteiger partial charge in [-0.3, -0.25) is 0 Å². The van der Waals surface area contributed by atoms with Crippen LogP contribution in [0.1, 0.15) is 17.0 Å². The molecule has 0 aromatic carbocycles. The van der Waals surface area contributed by atoms with Crippen molar-refractivity contribution in [1.29, 1.82) is 0 Å². The molecule has 7 nitrogen and oxygen atoms in total. The van der Waals surface area contributed by atoms with Crippen LogP contribution >= 0.6 is 11.3 Å². The van der Waals surface area contributed by atoms with Crippen LogP contribution in [0.2, 0.25) is 0 Å². The van der Waals surface area contributed by atoms with E-state index in [1.54, 1.807) is 24.0 Å². The lowest BCUT2D eigenvalue weighted by Crippen LogP contribution is -2.28. The third-order valence-corrected chi connectivity index (χ3v) is 5.54. The molecule has 126 valence electrons. The monoisotopic (exact) mass is 343 g/mol. The average Bonchev–Trinajstić information content (AvgIpc) is 3.29. The van der Waals surface area contributed by atoms with Gasteiger partial charge in [0.1, 0.15) is 11.8 Å². The van der Waals surface area contributed by atoms with Gasteiger partial charge in [-0.2, -0.15) is 0 Å². The predicted molar refractivity (Wildman–Crippen MR) is 95.2 cm³/mol. The molecule has 0 unspecified atom stereocenters. The minimum absolute atomic E-state index is 0.649. The lowest BCUT2D eigenvalue weighted by molar-refractivity contribution is 0.281. The Balaban J connectivity index is 1.40. The van der Waals surface area contributed by atoms with Gasteiger partial charge in [-0.05, 0) is 26.3 Å². The second-order valence-corrected chi connectivity index (χ2v) is 7.40. The Hall–Kier alpha value is -2.06. The second-order valence-electron chi connectivity index (χ2n) is 6.46. The number of aryl methyl sites for hydroxylation is 1. The van der Waals surface area contributed by atoms with Crippen LogP contribution in [0, 0.1) is 12.8 Å². The first kappa shape index (κ1) is 15.5. The van der Waals surface area contributed by atoms with Gasteiger partial charge in [-0.25, -0.2) is 19.9 Å². The number of rotatable bonds is 5. The molecule has 1 atom stereocenters. The molecule has 0 amide bonds. The van der Waals surface area contributed by atoms with Crippen molar-refractivity contribution in [3.8, 4) is 0 Å². The number of H-pyrrole nitrogens is 1. The Bertz CT molecular complexity index is 827. The van der Waals surface area contributed by atoms with Crippen molar-refractivity contribution >= 4 is 28.3 Å². The lowest BCUT2D eigenvalue weighted by Gasteiger charge is -2.21. The normalized spacial score (nSPS) is 18.1. The molecule has 4 heterocycles. The van der Waals surface area contributed by atoms with E-state index in [1.165, 1.54) is 11.3 Å². The van der Waals surface area contributed by atoms with Crippen molar-refractivity contribution in [2.24, 2.45) is 5.92 Å². The number of hydrogen-bond donors (Lipinski definition) is 1. The molecule has 24 heavy (non-hydrogen) atoms. The fourth-order valence-electron chi connectivity index (χ4n) is 3.39. The highest BCUT2D eigenvalue weighted by Gasteiger charge is 2.26. The number of thiazole rings is 1. The van der Waals surface area contributed by atoms with Crippen molar-refractivity contribution < 1.29 is 0 Å². The molecule has 4 rings (SSSR count). The zero-order valence-electron chi connectivity index (χ0n) is 13.9. The number of aromatic nitrogens is 5. The van der Waals surface area contributed by atoms with Crippen molar-refractivity contribution in [2.75, 3.05) is 31.6 Å². The van der Waals surface area contributed by atoms with Crippen molar-refractivity contribution in [2.45, 2.75) is 19.9 Å². The summed E-state index contributed by atoms with van der Waals surface area (Å²) in [6, 6.07) is 0. The second kappa shape index (κ2) is 6.45. The summed E-state index contributed by atoms with van der Waals surface area (Å²) in [5.74, 6) is 1.62. The van der Waals surface area contributed by atoms with Gasteiger partial charge in [0, 0.05) is 31.1 Å². The molecule has 0 saturated carbocycles. The first-order valence-electron chi connectivity index (χ1n) is 8.17. The zero-order chi connectivity index (χ0) is 16.5. The molecule has 0 bridgehead atoms. The molecule has 0 radical (unpaired) electrons. The molecular weight excluding hydrogens is 322 g/mol. The van der Waals surface area contributed by atoms with Crippen molar-refractivity contribution in [3.05, 3.63) is 28.7 Å². The van der Waals surface area contributed by atoms with Crippen molar-refractivity contribution in [1.82, 2.24) is 29.8 Å². The van der Waals surface area contributed by atoms with Gasteiger partial charge in [0.2, 0.25) is 0 Å². The Morgan fingerprint density at radius 3 is 3.08 bits per heavy atom. The smallest absolute Gasteiger partial charge is 0.182 e. The van der Waals surface area contributed by atoms with Crippen LogP contribution in [0.4, 0.5) is 5.82 Å². The van der Waals surface area contributed by atoms with E-state index in [4.69, 9.17) is 0 Å². The molecule has 1 aliphatic rings. The van der Waals surface area contributed by atoms with Crippen LogP contribution in [0.5, 0.6) is 0 Å². The highest BCUT2D eigenvalue weighted by atomic mass is 32.1. The minimum Gasteiger partial charge on any atom is -0.354 e. The van der Waals surface area contributed by atoms with E-state index in [-0.39, 0.29) is 0 Å². The van der Waals surface area contributed by atoms with Crippen LogP contribution < -0.4 is 4.90 Å². The van der Waals surface area contributed by atoms with E-state index in [0.29, 0.717) is 5.92 Å². The quantitative estimate of drug-likeness (QED) is 0.764. The SMILES string of the molecule is Cc1ncsc1CN(C)C[C@H]1CCN(c2ncnc3nc[nH]c23)C1. The number of nitrogens with zero attached hydrogens (tertiary/aromatic N) is 6. The number of aromatic amines is 1. The molecule has 3 aromatic heterocycles. The summed E-state index contributed by atoms with van der Waals surface area (Å²) in [6.07, 6.45) is 4.47. The zero-order valence-corrected chi connectivity index (χ0v) is 14.8. The van der Waals surface area contributed by atoms with Crippen LogP contribution in [-0.2, 0) is 6.54 Å². The third-order valence-electron chi connectivity index (χ3n) is 4.62. The molecule has 3 aromatic rings. The highest BCUT2D eigenvalue weighted by Crippen LogP contribution is 2.27. The standard InChI is InChI=1S/C16H21N7S/c1-11-13(24-10-21-11)7-22(2)5-12-3-4-23(6-12)16-14-15(18-8-17-14)19-9-20-16/h8-10,12H,3-7H2,1-2H3,(H,17,18,19,20)/t12-/m1/s1. The molecule has 0 spiro atoms. The topological polar surface area (TPSA) is 73.8 Å². The minimum atomic E-state index is 0.649. The number of fused-ring (bicyclic) bond motifs is 1. The molecule has 1 fully saturated rings. The fraction of sp³-hybridized carbons (Fsp3) is 0.500. The molecule has 1 N–H and O–H groups in total. The summed E-state index contributed by atoms with van der Waals surface area (Å²) in [6.45, 7) is 6.21. The van der Waals surface area contributed by atoms with E-state index >= 15 is 0 Å². The largest absolute Gasteiger partial charge is 0.354 e. The summed E-state index contributed by atoms with van der Waals surface area (Å²) in [7, 11) is 2.19. The maximum Gasteiger partial charge on any atom is 0.182 e. The van der Waals surface area contributed by atoms with E-state index in [9.17, 15) is 0 Å². The average molecular weight is 343 g/mol. The first-order chi connectivity index (χ1) is 11.7. The Labute approximate surface area is 144 Å². The lowest BCUT2D eigenvalue weighted by atomic mass is 10.1. The van der Waals surface area contributed by atoms with E-state index in [0.717, 1.165) is 48.9 Å². The molecule has 1 aliphatic heterocycles. The summed E-state index contributed by atoms with van der Waals surface area (Å²) < 4.78 is 0. The van der Waals surface area contributed by atoms with Gasteiger partial charge in [-0.15, -0.1) is 11.3 Å². The maximum absolute atomic E-state index is 4.47. The highest BCUT2D eigenvalue weighted by molar-refractivity contribution is 7.09. The molecule has 0 aliphatic carbocycles. The van der Waals surface area contributed by atoms with E-state index < -0.39 is 0 Å². The van der Waals surface area contributed by atoms with Crippen LogP contribution in [-0.4, -0.2) is 56.5 Å². The molecule has 8 heteroatoms. The number of hydrogen-bond acceptors (Lipinski definition) is 7. The summed E-state index contributed by atoms with van der Waals surface area (Å²) in [4.78, 5) is 26.5. The first-order valence-corrected chi connectivity index (χ1v) is 9.05. The predicted octanol–water partition coefficient (Wildman–Crippen LogP) is 2.08. The Morgan fingerprint density at radius 1 is 1.33 bits per heavy atom. The van der Waals surface area contributed by atoms with Gasteiger partial charge >= 0.3 is 0 Å². The molecule has 1 saturated heterocycles. The third kappa shape index (κ3) is 2.99. The van der Waals surface area contributed by atoms with Crippen LogP contribution in [0.25, 0.3) is 11.2 Å². The number of anilines is 1. The molecular formula is C16H21N7S. The fourth-order valence-corrected chi connectivity index (χ4v) is 4.25. The summed E-state index contributed by atoms with van der Waals surface area (Å²) in [5, 5.41) is 0. The van der Waals surface area contributed by atoms with Crippen molar-refractivity contribution in [3.63, 3.8) is 0 Å². The summed E-state index contributed by atoms with van der Waals surface area (Å²) in [5.41, 5.74) is 4.76. The Morgan fingerprint density at radius 2 is 2.25 bits per heavy atom. The number of imidazole rings is 1. The maximum atomic E-state index is 4.47. The van der Waals surface area contributed by atoms with Gasteiger partial charge in [0.15, 0.2) is 11.5 Å². The van der Waals surface area contributed by atoms with Gasteiger partial charge in [-0.1, -0.05) is 0 Å².